The molecule has 5 heteroatoms. The van der Waals surface area contributed by atoms with Gasteiger partial charge in [-0.05, 0) is 28.8 Å². The molecule has 0 fully saturated rings. The highest BCUT2D eigenvalue weighted by Crippen LogP contribution is 2.06. The van der Waals surface area contributed by atoms with E-state index in [1.54, 1.807) is 16.8 Å². The molecule has 2 rings (SSSR count). The number of thiophene rings is 1. The zero-order valence-corrected chi connectivity index (χ0v) is 10.3. The minimum atomic E-state index is 0.0427. The number of hydrogen-bond acceptors (Lipinski definition) is 4. The van der Waals surface area contributed by atoms with Crippen LogP contribution in [0.4, 0.5) is 0 Å². The van der Waals surface area contributed by atoms with Gasteiger partial charge in [-0.2, -0.15) is 11.3 Å². The van der Waals surface area contributed by atoms with Crippen LogP contribution in [0.3, 0.4) is 0 Å². The smallest absolute Gasteiger partial charge is 0.226 e. The van der Waals surface area contributed by atoms with Crippen molar-refractivity contribution in [1.82, 2.24) is 10.3 Å². The molecule has 16 heavy (non-hydrogen) atoms. The fraction of sp³-hybridized carbons (Fsp3) is 0.273. The van der Waals surface area contributed by atoms with E-state index in [1.807, 2.05) is 10.8 Å². The molecule has 0 saturated heterocycles. The monoisotopic (exact) mass is 252 g/mol. The largest absolute Gasteiger partial charge is 0.355 e. The van der Waals surface area contributed by atoms with Crippen LogP contribution < -0.4 is 5.32 Å². The van der Waals surface area contributed by atoms with Crippen molar-refractivity contribution < 1.29 is 4.79 Å². The summed E-state index contributed by atoms with van der Waals surface area (Å²) in [5, 5.41) is 8.94. The molecule has 0 spiro atoms. The first-order valence-electron chi connectivity index (χ1n) is 4.99. The molecule has 0 atom stereocenters. The molecule has 0 aliphatic carbocycles. The number of carbonyl (C=O) groups is 1. The Balaban J connectivity index is 1.68. The van der Waals surface area contributed by atoms with Crippen LogP contribution in [-0.2, 0) is 17.6 Å². The lowest BCUT2D eigenvalue weighted by Crippen LogP contribution is -2.27. The molecule has 0 unspecified atom stereocenters. The minimum absolute atomic E-state index is 0.0427. The molecule has 1 N–H and O–H groups in total. The Morgan fingerprint density at radius 2 is 2.31 bits per heavy atom. The van der Waals surface area contributed by atoms with E-state index in [-0.39, 0.29) is 5.91 Å². The van der Waals surface area contributed by atoms with E-state index in [1.165, 1.54) is 16.9 Å². The van der Waals surface area contributed by atoms with Gasteiger partial charge in [0.1, 0.15) is 0 Å². The summed E-state index contributed by atoms with van der Waals surface area (Å²) >= 11 is 3.19. The van der Waals surface area contributed by atoms with Gasteiger partial charge in [-0.1, -0.05) is 0 Å². The maximum atomic E-state index is 11.5. The van der Waals surface area contributed by atoms with E-state index in [4.69, 9.17) is 0 Å². The highest BCUT2D eigenvalue weighted by Gasteiger charge is 2.04. The van der Waals surface area contributed by atoms with Crippen LogP contribution in [0.2, 0.25) is 0 Å². The molecule has 0 aliphatic rings. The molecule has 3 nitrogen and oxygen atoms in total. The molecule has 2 heterocycles. The van der Waals surface area contributed by atoms with Gasteiger partial charge < -0.3 is 5.32 Å². The molecule has 0 bridgehead atoms. The van der Waals surface area contributed by atoms with E-state index < -0.39 is 0 Å². The van der Waals surface area contributed by atoms with Crippen molar-refractivity contribution in [2.45, 2.75) is 12.8 Å². The lowest BCUT2D eigenvalue weighted by Gasteiger charge is -2.02. The Hall–Kier alpha value is -1.20. The van der Waals surface area contributed by atoms with Gasteiger partial charge in [-0.25, -0.2) is 4.98 Å². The summed E-state index contributed by atoms with van der Waals surface area (Å²) in [6.45, 7) is 0.694. The molecule has 1 amide bonds. The predicted octanol–water partition coefficient (Wildman–Crippen LogP) is 2.11. The summed E-state index contributed by atoms with van der Waals surface area (Å²) in [5.41, 5.74) is 3.87. The molecule has 0 radical (unpaired) electrons. The summed E-state index contributed by atoms with van der Waals surface area (Å²) in [6.07, 6.45) is 1.28. The predicted molar refractivity (Wildman–Crippen MR) is 66.9 cm³/mol. The zero-order valence-electron chi connectivity index (χ0n) is 8.68. The first-order chi connectivity index (χ1) is 7.84. The highest BCUT2D eigenvalue weighted by atomic mass is 32.1. The van der Waals surface area contributed by atoms with Crippen LogP contribution in [0, 0.1) is 0 Å². The van der Waals surface area contributed by atoms with Crippen molar-refractivity contribution in [3.8, 4) is 0 Å². The summed E-state index contributed by atoms with van der Waals surface area (Å²) in [6, 6.07) is 2.08. The van der Waals surface area contributed by atoms with Crippen molar-refractivity contribution in [1.29, 1.82) is 0 Å². The number of amides is 1. The van der Waals surface area contributed by atoms with E-state index in [9.17, 15) is 4.79 Å². The number of nitrogens with zero attached hydrogens (tertiary/aromatic N) is 1. The number of hydrogen-bond donors (Lipinski definition) is 1. The molecular weight excluding hydrogens is 240 g/mol. The summed E-state index contributed by atoms with van der Waals surface area (Å²) in [7, 11) is 0. The van der Waals surface area contributed by atoms with E-state index in [0.717, 1.165) is 12.1 Å². The first-order valence-corrected chi connectivity index (χ1v) is 6.88. The number of rotatable bonds is 5. The second-order valence-corrected chi connectivity index (χ2v) is 4.89. The minimum Gasteiger partial charge on any atom is -0.355 e. The summed E-state index contributed by atoms with van der Waals surface area (Å²) < 4.78 is 0. The van der Waals surface area contributed by atoms with Gasteiger partial charge in [-0.3, -0.25) is 4.79 Å². The SMILES string of the molecule is O=C(Cc1cscn1)NCCc1ccsc1. The van der Waals surface area contributed by atoms with Gasteiger partial charge in [-0.15, -0.1) is 11.3 Å². The van der Waals surface area contributed by atoms with E-state index >= 15 is 0 Å². The number of nitrogens with one attached hydrogen (secondary N) is 1. The molecule has 0 aromatic carbocycles. The van der Waals surface area contributed by atoms with Crippen molar-refractivity contribution in [2.75, 3.05) is 6.54 Å². The second kappa shape index (κ2) is 5.77. The lowest BCUT2D eigenvalue weighted by molar-refractivity contribution is -0.120. The third-order valence-electron chi connectivity index (χ3n) is 2.14. The van der Waals surface area contributed by atoms with Gasteiger partial charge in [0, 0.05) is 11.9 Å². The summed E-state index contributed by atoms with van der Waals surface area (Å²) in [5.74, 6) is 0.0427. The van der Waals surface area contributed by atoms with E-state index in [0.29, 0.717) is 13.0 Å². The Bertz CT molecular complexity index is 423. The summed E-state index contributed by atoms with van der Waals surface area (Å²) in [4.78, 5) is 15.6. The van der Waals surface area contributed by atoms with Crippen LogP contribution in [0.1, 0.15) is 11.3 Å². The van der Waals surface area contributed by atoms with Crippen molar-refractivity contribution in [3.63, 3.8) is 0 Å². The van der Waals surface area contributed by atoms with Crippen LogP contribution in [-0.4, -0.2) is 17.4 Å². The highest BCUT2D eigenvalue weighted by molar-refractivity contribution is 7.08. The lowest BCUT2D eigenvalue weighted by atomic mass is 10.2. The van der Waals surface area contributed by atoms with Crippen molar-refractivity contribution in [2.24, 2.45) is 0 Å². The number of thiazole rings is 1. The Labute approximate surface area is 102 Å². The second-order valence-electron chi connectivity index (χ2n) is 3.39. The number of carbonyl (C=O) groups excluding carboxylic acids is 1. The Kier molecular flexibility index (Phi) is 4.07. The molecule has 0 saturated carbocycles. The average molecular weight is 252 g/mol. The topological polar surface area (TPSA) is 42.0 Å². The van der Waals surface area contributed by atoms with Gasteiger partial charge in [0.2, 0.25) is 5.91 Å². The van der Waals surface area contributed by atoms with Gasteiger partial charge in [0.15, 0.2) is 0 Å². The van der Waals surface area contributed by atoms with Crippen LogP contribution in [0.15, 0.2) is 27.7 Å². The van der Waals surface area contributed by atoms with Crippen LogP contribution in [0.5, 0.6) is 0 Å². The zero-order chi connectivity index (χ0) is 11.2. The quantitative estimate of drug-likeness (QED) is 0.885. The fourth-order valence-corrected chi connectivity index (χ4v) is 2.59. The normalized spacial score (nSPS) is 10.2. The van der Waals surface area contributed by atoms with Gasteiger partial charge >= 0.3 is 0 Å². The van der Waals surface area contributed by atoms with Crippen molar-refractivity contribution in [3.05, 3.63) is 39.0 Å². The molecule has 0 aliphatic heterocycles. The van der Waals surface area contributed by atoms with Crippen molar-refractivity contribution >= 4 is 28.6 Å². The Morgan fingerprint density at radius 1 is 1.38 bits per heavy atom. The fourth-order valence-electron chi connectivity index (χ4n) is 1.33. The van der Waals surface area contributed by atoms with Gasteiger partial charge in [0.25, 0.3) is 0 Å². The third kappa shape index (κ3) is 3.43. The number of aromatic nitrogens is 1. The first kappa shape index (κ1) is 11.3. The third-order valence-corrected chi connectivity index (χ3v) is 3.51. The molecule has 2 aromatic rings. The van der Waals surface area contributed by atoms with Crippen LogP contribution >= 0.6 is 22.7 Å². The maximum absolute atomic E-state index is 11.5. The molecule has 2 aromatic heterocycles. The Morgan fingerprint density at radius 3 is 3.00 bits per heavy atom. The maximum Gasteiger partial charge on any atom is 0.226 e. The molecule has 84 valence electrons. The van der Waals surface area contributed by atoms with Crippen LogP contribution in [0.25, 0.3) is 0 Å². The van der Waals surface area contributed by atoms with E-state index in [2.05, 4.69) is 21.7 Å². The van der Waals surface area contributed by atoms with Gasteiger partial charge in [0.05, 0.1) is 17.6 Å². The average Bonchev–Trinajstić information content (AvgIpc) is 2.90. The molecular formula is C11H12N2OS2. The standard InChI is InChI=1S/C11H12N2OS2/c14-11(5-10-7-16-8-13-10)12-3-1-9-2-4-15-6-9/h2,4,6-8H,1,3,5H2,(H,12,14).